The second-order valence-corrected chi connectivity index (χ2v) is 10.8. The van der Waals surface area contributed by atoms with Gasteiger partial charge >= 0.3 is 0 Å². The molecule has 1 atom stereocenters. The molecule has 9 heteroatoms. The predicted octanol–water partition coefficient (Wildman–Crippen LogP) is 4.24. The number of hydrogen-bond acceptors (Lipinski definition) is 4. The van der Waals surface area contributed by atoms with Gasteiger partial charge in [0.25, 0.3) is 0 Å². The number of nitrogens with one attached hydrogen (secondary N) is 1. The summed E-state index contributed by atoms with van der Waals surface area (Å²) in [6, 6.07) is 8.76. The lowest BCUT2D eigenvalue weighted by atomic mass is 9.84. The first-order valence-corrected chi connectivity index (χ1v) is 13.2. The summed E-state index contributed by atoms with van der Waals surface area (Å²) in [5.41, 5.74) is 1.23. The van der Waals surface area contributed by atoms with Gasteiger partial charge in [-0.1, -0.05) is 11.6 Å². The number of nitrogens with zero attached hydrogens (tertiary/aromatic N) is 2. The molecular weight excluding hydrogens is 500 g/mol. The third-order valence-corrected chi connectivity index (χ3v) is 8.45. The highest BCUT2D eigenvalue weighted by atomic mass is 35.5. The Morgan fingerprint density at radius 2 is 1.76 bits per heavy atom. The van der Waals surface area contributed by atoms with Crippen molar-refractivity contribution >= 4 is 28.4 Å². The van der Waals surface area contributed by atoms with Gasteiger partial charge in [0, 0.05) is 41.8 Å². The van der Waals surface area contributed by atoms with Crippen LogP contribution in [0, 0.1) is 11.6 Å². The van der Waals surface area contributed by atoms with Crippen LogP contribution in [-0.2, 0) is 11.2 Å². The molecular formula is C28H32ClF2N3O3. The summed E-state index contributed by atoms with van der Waals surface area (Å²) in [5.74, 6) is -0.550. The standard InChI is InChI=1S/C28H32ClF2N3O3/c29-24-3-1-20(30)13-19(24)14-27(36)34-11-7-28(37,8-12-34)26(35)17-33-9-5-18(6-10-33)23-16-32-25-4-2-21(31)15-22(23)25/h1-4,13,15-16,18,26,32,35,37H,5-12,14,17H2. The lowest BCUT2D eigenvalue weighted by Gasteiger charge is -2.43. The maximum absolute atomic E-state index is 13.8. The molecule has 0 saturated carbocycles. The fraction of sp³-hybridized carbons (Fsp3) is 0.464. The number of aromatic nitrogens is 1. The zero-order valence-corrected chi connectivity index (χ0v) is 21.4. The van der Waals surface area contributed by atoms with Crippen LogP contribution in [0.25, 0.3) is 10.9 Å². The minimum atomic E-state index is -1.27. The van der Waals surface area contributed by atoms with Crippen molar-refractivity contribution in [3.63, 3.8) is 0 Å². The normalized spacial score (nSPS) is 19.9. The molecule has 198 valence electrons. The lowest BCUT2D eigenvalue weighted by molar-refractivity contribution is -0.143. The molecule has 0 spiro atoms. The minimum absolute atomic E-state index is 0.00437. The van der Waals surface area contributed by atoms with Gasteiger partial charge in [0.1, 0.15) is 11.6 Å². The van der Waals surface area contributed by atoms with E-state index in [0.717, 1.165) is 42.4 Å². The molecule has 1 unspecified atom stereocenters. The average molecular weight is 532 g/mol. The van der Waals surface area contributed by atoms with Crippen molar-refractivity contribution in [1.29, 1.82) is 0 Å². The summed E-state index contributed by atoms with van der Waals surface area (Å²) in [7, 11) is 0. The number of fused-ring (bicyclic) bond motifs is 1. The number of carbonyl (C=O) groups is 1. The van der Waals surface area contributed by atoms with E-state index in [1.807, 2.05) is 6.20 Å². The Bertz CT molecular complexity index is 1270. The highest BCUT2D eigenvalue weighted by molar-refractivity contribution is 6.31. The molecule has 2 aliphatic heterocycles. The number of aromatic amines is 1. The first-order valence-electron chi connectivity index (χ1n) is 12.8. The Morgan fingerprint density at radius 3 is 2.49 bits per heavy atom. The van der Waals surface area contributed by atoms with Crippen molar-refractivity contribution in [2.75, 3.05) is 32.7 Å². The molecule has 0 bridgehead atoms. The molecule has 1 aromatic heterocycles. The SMILES string of the molecule is O=C(Cc1cc(F)ccc1Cl)N1CCC(O)(C(O)CN2CCC(c3c[nH]c4ccc(F)cc34)CC2)CC1. The van der Waals surface area contributed by atoms with Gasteiger partial charge in [-0.2, -0.15) is 0 Å². The van der Waals surface area contributed by atoms with Gasteiger partial charge in [-0.15, -0.1) is 0 Å². The van der Waals surface area contributed by atoms with Crippen molar-refractivity contribution < 1.29 is 23.8 Å². The van der Waals surface area contributed by atoms with Crippen LogP contribution in [0.1, 0.15) is 42.7 Å². The van der Waals surface area contributed by atoms with E-state index >= 15 is 0 Å². The molecule has 0 aliphatic carbocycles. The van der Waals surface area contributed by atoms with Crippen molar-refractivity contribution in [2.24, 2.45) is 0 Å². The van der Waals surface area contributed by atoms with Crippen LogP contribution < -0.4 is 0 Å². The van der Waals surface area contributed by atoms with Crippen molar-refractivity contribution in [1.82, 2.24) is 14.8 Å². The number of β-amino-alcohol motifs (C(OH)–C–C–N with tert-alkyl or cyclic N) is 1. The third kappa shape index (κ3) is 5.67. The Labute approximate surface area is 219 Å². The maximum Gasteiger partial charge on any atom is 0.227 e. The Morgan fingerprint density at radius 1 is 1.08 bits per heavy atom. The number of piperidine rings is 2. The van der Waals surface area contributed by atoms with Gasteiger partial charge in [0.2, 0.25) is 5.91 Å². The van der Waals surface area contributed by atoms with E-state index in [9.17, 15) is 23.8 Å². The van der Waals surface area contributed by atoms with Gasteiger partial charge in [0.15, 0.2) is 0 Å². The van der Waals surface area contributed by atoms with Gasteiger partial charge in [0.05, 0.1) is 18.1 Å². The topological polar surface area (TPSA) is 79.8 Å². The van der Waals surface area contributed by atoms with Gasteiger partial charge < -0.3 is 25.0 Å². The first-order chi connectivity index (χ1) is 17.7. The fourth-order valence-electron chi connectivity index (χ4n) is 5.72. The number of amides is 1. The number of carbonyl (C=O) groups excluding carboxylic acids is 1. The third-order valence-electron chi connectivity index (χ3n) is 8.09. The summed E-state index contributed by atoms with van der Waals surface area (Å²) in [5, 5.41) is 23.4. The Hall–Kier alpha value is -2.52. The average Bonchev–Trinajstić information content (AvgIpc) is 3.30. The Kier molecular flexibility index (Phi) is 7.54. The number of hydrogen-bond donors (Lipinski definition) is 3. The van der Waals surface area contributed by atoms with Crippen LogP contribution in [0.2, 0.25) is 5.02 Å². The van der Waals surface area contributed by atoms with Crippen molar-refractivity contribution in [3.05, 3.63) is 70.4 Å². The second kappa shape index (κ2) is 10.7. The van der Waals surface area contributed by atoms with Crippen LogP contribution in [0.4, 0.5) is 8.78 Å². The number of rotatable bonds is 6. The molecule has 2 aliphatic rings. The summed E-state index contributed by atoms with van der Waals surface area (Å²) < 4.78 is 27.3. The molecule has 2 saturated heterocycles. The highest BCUT2D eigenvalue weighted by Gasteiger charge is 2.41. The molecule has 5 rings (SSSR count). The van der Waals surface area contributed by atoms with E-state index in [1.165, 1.54) is 24.3 Å². The smallest absolute Gasteiger partial charge is 0.227 e. The number of likely N-dealkylation sites (tertiary alicyclic amines) is 2. The molecule has 3 N–H and O–H groups in total. The van der Waals surface area contributed by atoms with Crippen molar-refractivity contribution in [2.45, 2.75) is 49.7 Å². The number of benzene rings is 2. The summed E-state index contributed by atoms with van der Waals surface area (Å²) in [6.07, 6.45) is 3.36. The Balaban J connectivity index is 1.11. The monoisotopic (exact) mass is 531 g/mol. The van der Waals surface area contributed by atoms with Gasteiger partial charge in [-0.05, 0) is 92.2 Å². The lowest BCUT2D eigenvalue weighted by Crippen LogP contribution is -2.56. The molecule has 2 fully saturated rings. The fourth-order valence-corrected chi connectivity index (χ4v) is 5.91. The first kappa shape index (κ1) is 26.1. The van der Waals surface area contributed by atoms with Crippen LogP contribution in [0.15, 0.2) is 42.6 Å². The quantitative estimate of drug-likeness (QED) is 0.444. The van der Waals surface area contributed by atoms with E-state index in [0.29, 0.717) is 36.1 Å². The van der Waals surface area contributed by atoms with E-state index in [4.69, 9.17) is 11.6 Å². The molecule has 0 radical (unpaired) electrons. The van der Waals surface area contributed by atoms with Crippen LogP contribution >= 0.6 is 11.6 Å². The molecule has 3 aromatic rings. The number of halogens is 3. The highest BCUT2D eigenvalue weighted by Crippen LogP contribution is 2.34. The second-order valence-electron chi connectivity index (χ2n) is 10.4. The number of H-pyrrole nitrogens is 1. The van der Waals surface area contributed by atoms with Gasteiger partial charge in [-0.3, -0.25) is 4.79 Å². The van der Waals surface area contributed by atoms with E-state index in [1.54, 1.807) is 17.0 Å². The molecule has 6 nitrogen and oxygen atoms in total. The van der Waals surface area contributed by atoms with Crippen LogP contribution in [0.3, 0.4) is 0 Å². The number of aliphatic hydroxyl groups is 2. The molecule has 37 heavy (non-hydrogen) atoms. The summed E-state index contributed by atoms with van der Waals surface area (Å²) in [4.78, 5) is 19.8. The maximum atomic E-state index is 13.8. The van der Waals surface area contributed by atoms with Crippen molar-refractivity contribution in [3.8, 4) is 0 Å². The molecule has 2 aromatic carbocycles. The minimum Gasteiger partial charge on any atom is -0.389 e. The van der Waals surface area contributed by atoms with Crippen LogP contribution in [0.5, 0.6) is 0 Å². The van der Waals surface area contributed by atoms with Gasteiger partial charge in [-0.25, -0.2) is 8.78 Å². The molecule has 3 heterocycles. The molecule has 1 amide bonds. The zero-order valence-electron chi connectivity index (χ0n) is 20.6. The predicted molar refractivity (Wildman–Crippen MR) is 139 cm³/mol. The largest absolute Gasteiger partial charge is 0.389 e. The van der Waals surface area contributed by atoms with E-state index in [2.05, 4.69) is 9.88 Å². The van der Waals surface area contributed by atoms with E-state index in [-0.39, 0.29) is 31.0 Å². The van der Waals surface area contributed by atoms with E-state index < -0.39 is 17.5 Å². The number of aliphatic hydroxyl groups excluding tert-OH is 1. The van der Waals surface area contributed by atoms with Crippen LogP contribution in [-0.4, -0.2) is 75.3 Å². The zero-order chi connectivity index (χ0) is 26.2. The summed E-state index contributed by atoms with van der Waals surface area (Å²) in [6.45, 7) is 2.55. The summed E-state index contributed by atoms with van der Waals surface area (Å²) >= 11 is 6.10.